The first kappa shape index (κ1) is 12.8. The summed E-state index contributed by atoms with van der Waals surface area (Å²) in [5, 5.41) is 0.560. The summed E-state index contributed by atoms with van der Waals surface area (Å²) in [5.41, 5.74) is 0.592. The van der Waals surface area contributed by atoms with Crippen LogP contribution in [-0.4, -0.2) is 19.0 Å². The summed E-state index contributed by atoms with van der Waals surface area (Å²) in [4.78, 5) is 13.9. The van der Waals surface area contributed by atoms with Crippen LogP contribution in [0.5, 0.6) is 0 Å². The monoisotopic (exact) mass is 294 g/mol. The second kappa shape index (κ2) is 5.43. The third kappa shape index (κ3) is 2.72. The molecule has 3 nitrogen and oxygen atoms in total. The van der Waals surface area contributed by atoms with Crippen molar-refractivity contribution in [2.45, 2.75) is 6.29 Å². The van der Waals surface area contributed by atoms with Gasteiger partial charge in [0, 0.05) is 10.6 Å². The molecule has 5 heteroatoms. The van der Waals surface area contributed by atoms with Crippen molar-refractivity contribution >= 4 is 28.7 Å². The molecule has 0 aliphatic carbocycles. The van der Waals surface area contributed by atoms with Crippen molar-refractivity contribution in [1.82, 2.24) is 0 Å². The van der Waals surface area contributed by atoms with Crippen LogP contribution in [0.1, 0.15) is 26.4 Å². The molecule has 1 saturated heterocycles. The van der Waals surface area contributed by atoms with E-state index in [4.69, 9.17) is 21.1 Å². The van der Waals surface area contributed by atoms with Crippen molar-refractivity contribution in [2.75, 3.05) is 13.2 Å². The van der Waals surface area contributed by atoms with E-state index in [1.54, 1.807) is 30.3 Å². The van der Waals surface area contributed by atoms with Crippen LogP contribution in [0.4, 0.5) is 0 Å². The maximum atomic E-state index is 12.3. The van der Waals surface area contributed by atoms with E-state index in [9.17, 15) is 4.79 Å². The van der Waals surface area contributed by atoms with Crippen molar-refractivity contribution in [3.63, 3.8) is 0 Å². The smallest absolute Gasteiger partial charge is 0.203 e. The third-order valence-electron chi connectivity index (χ3n) is 2.79. The maximum Gasteiger partial charge on any atom is 0.203 e. The number of carbonyl (C=O) groups excluding carboxylic acids is 1. The van der Waals surface area contributed by atoms with E-state index < -0.39 is 0 Å². The Morgan fingerprint density at radius 3 is 2.74 bits per heavy atom. The first-order valence-electron chi connectivity index (χ1n) is 5.87. The lowest BCUT2D eigenvalue weighted by Crippen LogP contribution is -1.98. The van der Waals surface area contributed by atoms with Gasteiger partial charge in [0.25, 0.3) is 0 Å². The van der Waals surface area contributed by atoms with E-state index in [2.05, 4.69) is 0 Å². The van der Waals surface area contributed by atoms with Gasteiger partial charge in [-0.25, -0.2) is 0 Å². The number of halogens is 1. The van der Waals surface area contributed by atoms with Gasteiger partial charge in [-0.15, -0.1) is 11.3 Å². The van der Waals surface area contributed by atoms with Crippen molar-refractivity contribution in [1.29, 1.82) is 0 Å². The van der Waals surface area contributed by atoms with E-state index >= 15 is 0 Å². The molecular weight excluding hydrogens is 284 g/mol. The minimum atomic E-state index is -0.328. The molecule has 0 bridgehead atoms. The highest BCUT2D eigenvalue weighted by Gasteiger charge is 2.22. The highest BCUT2D eigenvalue weighted by molar-refractivity contribution is 7.14. The molecular formula is C14H11ClO3S. The molecule has 0 radical (unpaired) electrons. The Morgan fingerprint density at radius 1 is 1.21 bits per heavy atom. The zero-order valence-corrected chi connectivity index (χ0v) is 11.5. The average Bonchev–Trinajstić information content (AvgIpc) is 3.08. The molecule has 98 valence electrons. The number of hydrogen-bond acceptors (Lipinski definition) is 4. The van der Waals surface area contributed by atoms with Gasteiger partial charge in [0.2, 0.25) is 5.78 Å². The van der Waals surface area contributed by atoms with E-state index in [-0.39, 0.29) is 12.1 Å². The summed E-state index contributed by atoms with van der Waals surface area (Å²) >= 11 is 7.29. The quantitative estimate of drug-likeness (QED) is 0.810. The fourth-order valence-corrected chi connectivity index (χ4v) is 3.06. The summed E-state index contributed by atoms with van der Waals surface area (Å²) in [7, 11) is 0. The Balaban J connectivity index is 1.84. The second-order valence-corrected chi connectivity index (χ2v) is 5.67. The van der Waals surface area contributed by atoms with Gasteiger partial charge in [-0.2, -0.15) is 0 Å². The van der Waals surface area contributed by atoms with E-state index in [1.165, 1.54) is 11.3 Å². The molecule has 19 heavy (non-hydrogen) atoms. The molecule has 1 aromatic heterocycles. The van der Waals surface area contributed by atoms with E-state index in [0.717, 1.165) is 4.88 Å². The molecule has 1 fully saturated rings. The molecule has 0 spiro atoms. The van der Waals surface area contributed by atoms with E-state index in [0.29, 0.717) is 28.7 Å². The number of ether oxygens (including phenoxy) is 2. The Hall–Kier alpha value is -1.20. The van der Waals surface area contributed by atoms with Crippen LogP contribution in [0.2, 0.25) is 5.02 Å². The third-order valence-corrected chi connectivity index (χ3v) is 4.13. The van der Waals surface area contributed by atoms with Gasteiger partial charge in [0.05, 0.1) is 23.0 Å². The van der Waals surface area contributed by atoms with Crippen LogP contribution >= 0.6 is 22.9 Å². The number of rotatable bonds is 3. The van der Waals surface area contributed by atoms with Crippen LogP contribution in [0, 0.1) is 0 Å². The molecule has 1 aromatic carbocycles. The lowest BCUT2D eigenvalue weighted by molar-refractivity contribution is -0.0413. The van der Waals surface area contributed by atoms with Crippen molar-refractivity contribution in [3.05, 3.63) is 56.7 Å². The molecule has 0 amide bonds. The molecule has 3 rings (SSSR count). The summed E-state index contributed by atoms with van der Waals surface area (Å²) in [6.07, 6.45) is -0.328. The highest BCUT2D eigenvalue weighted by atomic mass is 35.5. The maximum absolute atomic E-state index is 12.3. The van der Waals surface area contributed by atoms with Crippen LogP contribution < -0.4 is 0 Å². The van der Waals surface area contributed by atoms with Crippen LogP contribution in [0.25, 0.3) is 0 Å². The van der Waals surface area contributed by atoms with Gasteiger partial charge in [0.1, 0.15) is 0 Å². The van der Waals surface area contributed by atoms with Gasteiger partial charge in [-0.3, -0.25) is 4.79 Å². The minimum absolute atomic E-state index is 0.0308. The minimum Gasteiger partial charge on any atom is -0.345 e. The topological polar surface area (TPSA) is 35.5 Å². The lowest BCUT2D eigenvalue weighted by Gasteiger charge is -2.04. The van der Waals surface area contributed by atoms with Gasteiger partial charge >= 0.3 is 0 Å². The second-order valence-electron chi connectivity index (χ2n) is 4.11. The predicted molar refractivity (Wildman–Crippen MR) is 73.8 cm³/mol. The van der Waals surface area contributed by atoms with E-state index in [1.807, 2.05) is 6.07 Å². The van der Waals surface area contributed by atoms with Gasteiger partial charge in [0.15, 0.2) is 6.29 Å². The fourth-order valence-electron chi connectivity index (χ4n) is 1.90. The molecule has 1 aliphatic rings. The summed E-state index contributed by atoms with van der Waals surface area (Å²) < 4.78 is 10.8. The number of hydrogen-bond donors (Lipinski definition) is 0. The van der Waals surface area contributed by atoms with Crippen LogP contribution in [0.15, 0.2) is 36.4 Å². The number of benzene rings is 1. The summed E-state index contributed by atoms with van der Waals surface area (Å²) in [6, 6.07) is 10.6. The fraction of sp³-hybridized carbons (Fsp3) is 0.214. The number of carbonyl (C=O) groups is 1. The Labute approximate surface area is 119 Å². The van der Waals surface area contributed by atoms with Crippen molar-refractivity contribution in [2.24, 2.45) is 0 Å². The van der Waals surface area contributed by atoms with Crippen molar-refractivity contribution < 1.29 is 14.3 Å². The molecule has 0 saturated carbocycles. The summed E-state index contributed by atoms with van der Waals surface area (Å²) in [5.74, 6) is -0.0308. The normalized spacial score (nSPS) is 15.8. The van der Waals surface area contributed by atoms with Crippen LogP contribution in [0.3, 0.4) is 0 Å². The van der Waals surface area contributed by atoms with Gasteiger partial charge in [-0.1, -0.05) is 23.7 Å². The molecule has 0 atom stereocenters. The standard InChI is InChI=1S/C14H11ClO3S/c15-10-3-1-2-9(8-10)13(16)11-4-5-12(19-11)14-17-6-7-18-14/h1-5,8,14H,6-7H2. The van der Waals surface area contributed by atoms with Gasteiger partial charge < -0.3 is 9.47 Å². The first-order valence-corrected chi connectivity index (χ1v) is 7.07. The zero-order chi connectivity index (χ0) is 13.2. The first-order chi connectivity index (χ1) is 9.24. The Bertz CT molecular complexity index is 602. The molecule has 1 aliphatic heterocycles. The molecule has 2 heterocycles. The number of thiophene rings is 1. The predicted octanol–water partition coefficient (Wildman–Crippen LogP) is 3.68. The Morgan fingerprint density at radius 2 is 2.00 bits per heavy atom. The van der Waals surface area contributed by atoms with Gasteiger partial charge in [-0.05, 0) is 24.3 Å². The molecule has 0 N–H and O–H groups in total. The zero-order valence-electron chi connectivity index (χ0n) is 9.97. The SMILES string of the molecule is O=C(c1cccc(Cl)c1)c1ccc(C2OCCO2)s1. The molecule has 2 aromatic rings. The largest absolute Gasteiger partial charge is 0.345 e. The van der Waals surface area contributed by atoms with Crippen LogP contribution in [-0.2, 0) is 9.47 Å². The number of ketones is 1. The molecule has 0 unspecified atom stereocenters. The average molecular weight is 295 g/mol. The highest BCUT2D eigenvalue weighted by Crippen LogP contribution is 2.30. The summed E-state index contributed by atoms with van der Waals surface area (Å²) in [6.45, 7) is 1.19. The lowest BCUT2D eigenvalue weighted by atomic mass is 10.1. The van der Waals surface area contributed by atoms with Crippen molar-refractivity contribution in [3.8, 4) is 0 Å². The Kier molecular flexibility index (Phi) is 3.66.